The first-order chi connectivity index (χ1) is 21.2. The number of amides is 2. The maximum atomic E-state index is 13.9. The van der Waals surface area contributed by atoms with Gasteiger partial charge in [-0.1, -0.05) is 0 Å². The number of thiol groups is 1. The number of hydrogen-bond acceptors (Lipinski definition) is 8. The lowest BCUT2D eigenvalue weighted by Crippen LogP contribution is -2.62. The molecule has 1 aromatic carbocycles. The van der Waals surface area contributed by atoms with Crippen LogP contribution in [0.5, 0.6) is 0 Å². The summed E-state index contributed by atoms with van der Waals surface area (Å²) in [7, 11) is 0. The molecule has 3 fully saturated rings. The summed E-state index contributed by atoms with van der Waals surface area (Å²) in [6.45, 7) is 6.60. The highest BCUT2D eigenvalue weighted by Crippen LogP contribution is 2.49. The first kappa shape index (κ1) is 30.8. The first-order valence-corrected chi connectivity index (χ1v) is 15.1. The Bertz CT molecular complexity index is 1750. The van der Waals surface area contributed by atoms with Gasteiger partial charge in [0.2, 0.25) is 0 Å². The van der Waals surface area contributed by atoms with Crippen molar-refractivity contribution < 1.29 is 32.3 Å². The lowest BCUT2D eigenvalue weighted by molar-refractivity contribution is -0.140. The van der Waals surface area contributed by atoms with Crippen molar-refractivity contribution in [1.82, 2.24) is 14.5 Å². The predicted molar refractivity (Wildman–Crippen MR) is 162 cm³/mol. The van der Waals surface area contributed by atoms with E-state index in [9.17, 15) is 27.6 Å². The number of rotatable bonds is 3. The third kappa shape index (κ3) is 5.07. The summed E-state index contributed by atoms with van der Waals surface area (Å²) < 4.78 is 48.8. The van der Waals surface area contributed by atoms with Gasteiger partial charge in [0.15, 0.2) is 22.5 Å². The average Bonchev–Trinajstić information content (AvgIpc) is 3.51. The molecule has 236 valence electrons. The second kappa shape index (κ2) is 10.7. The summed E-state index contributed by atoms with van der Waals surface area (Å²) in [5.74, 6) is -1.03. The normalized spacial score (nSPS) is 22.7. The summed E-state index contributed by atoms with van der Waals surface area (Å²) in [5, 5.41) is 10.00. The molecule has 3 aromatic rings. The molecule has 3 aliphatic rings. The maximum absolute atomic E-state index is 13.9. The second-order valence-corrected chi connectivity index (χ2v) is 13.0. The van der Waals surface area contributed by atoms with Gasteiger partial charge in [-0.2, -0.15) is 18.4 Å². The van der Waals surface area contributed by atoms with Crippen LogP contribution in [-0.4, -0.2) is 62.0 Å². The number of piperidine rings is 1. The van der Waals surface area contributed by atoms with Gasteiger partial charge in [-0.3, -0.25) is 14.5 Å². The summed E-state index contributed by atoms with van der Waals surface area (Å²) >= 11 is 4.65. The topological polar surface area (TPSA) is 112 Å². The quantitative estimate of drug-likeness (QED) is 0.290. The van der Waals surface area contributed by atoms with E-state index in [1.54, 1.807) is 15.9 Å². The highest BCUT2D eigenvalue weighted by atomic mass is 32.1. The number of hydrogen-bond donors (Lipinski definition) is 1. The van der Waals surface area contributed by atoms with Crippen LogP contribution < -0.4 is 9.80 Å². The zero-order valence-corrected chi connectivity index (χ0v) is 25.7. The molecule has 2 amide bonds. The number of carbonyl (C=O) groups excluding carboxylic acids is 3. The Labute approximate surface area is 262 Å². The Morgan fingerprint density at radius 3 is 2.40 bits per heavy atom. The fourth-order valence-corrected chi connectivity index (χ4v) is 7.00. The summed E-state index contributed by atoms with van der Waals surface area (Å²) in [6, 6.07) is 9.71. The highest BCUT2D eigenvalue weighted by molar-refractivity contribution is 7.81. The number of anilines is 2. The van der Waals surface area contributed by atoms with Crippen LogP contribution in [0, 0.1) is 11.3 Å². The Morgan fingerprint density at radius 1 is 1.11 bits per heavy atom. The van der Waals surface area contributed by atoms with Gasteiger partial charge in [-0.15, -0.1) is 12.6 Å². The fraction of sp³-hybridized carbons (Fsp3) is 0.452. The number of halogens is 3. The number of benzene rings is 1. The summed E-state index contributed by atoms with van der Waals surface area (Å²) in [4.78, 5) is 47.5. The van der Waals surface area contributed by atoms with E-state index in [0.29, 0.717) is 24.8 Å². The van der Waals surface area contributed by atoms with Gasteiger partial charge in [0, 0.05) is 48.3 Å². The SMILES string of the molecule is CC(C)(C)OC(=O)N1CCC(n2ccc3cc(N4C(S)N(c5cnc(C#N)c(C(F)(F)F)c5)C(=O)C45CCC5=O)ccc32)CC1. The maximum Gasteiger partial charge on any atom is 0.419 e. The number of nitrogens with zero attached hydrogens (tertiary/aromatic N) is 6. The Balaban J connectivity index is 1.29. The molecule has 2 aromatic heterocycles. The van der Waals surface area contributed by atoms with Crippen molar-refractivity contribution in [3.05, 3.63) is 54.0 Å². The lowest BCUT2D eigenvalue weighted by Gasteiger charge is -2.42. The van der Waals surface area contributed by atoms with E-state index < -0.39 is 40.0 Å². The molecule has 0 bridgehead atoms. The largest absolute Gasteiger partial charge is 0.444 e. The zero-order valence-electron chi connectivity index (χ0n) is 24.8. The van der Waals surface area contributed by atoms with Crippen molar-refractivity contribution in [2.24, 2.45) is 0 Å². The minimum absolute atomic E-state index is 0.139. The number of Topliss-reactive ketones (excluding diaryl/α,β-unsaturated/α-hetero) is 1. The van der Waals surface area contributed by atoms with E-state index in [4.69, 9.17) is 10.00 Å². The molecule has 10 nitrogen and oxygen atoms in total. The monoisotopic (exact) mass is 640 g/mol. The molecule has 6 rings (SSSR count). The van der Waals surface area contributed by atoms with Crippen molar-refractivity contribution >= 4 is 52.7 Å². The van der Waals surface area contributed by atoms with Gasteiger partial charge in [0.1, 0.15) is 11.7 Å². The van der Waals surface area contributed by atoms with E-state index in [1.165, 1.54) is 6.07 Å². The molecule has 2 saturated heterocycles. The summed E-state index contributed by atoms with van der Waals surface area (Å²) in [5.41, 5.74) is -4.16. The van der Waals surface area contributed by atoms with Gasteiger partial charge >= 0.3 is 12.3 Å². The van der Waals surface area contributed by atoms with Crippen molar-refractivity contribution in [2.75, 3.05) is 22.9 Å². The molecule has 1 spiro atoms. The van der Waals surface area contributed by atoms with Gasteiger partial charge in [-0.25, -0.2) is 9.78 Å². The highest BCUT2D eigenvalue weighted by Gasteiger charge is 2.66. The smallest absolute Gasteiger partial charge is 0.419 e. The zero-order chi connectivity index (χ0) is 32.5. The fourth-order valence-electron chi connectivity index (χ4n) is 6.43. The van der Waals surface area contributed by atoms with E-state index in [1.807, 2.05) is 45.2 Å². The van der Waals surface area contributed by atoms with Crippen molar-refractivity contribution in [3.63, 3.8) is 0 Å². The van der Waals surface area contributed by atoms with Gasteiger partial charge in [-0.05, 0) is 70.4 Å². The first-order valence-electron chi connectivity index (χ1n) is 14.6. The lowest BCUT2D eigenvalue weighted by atomic mass is 9.73. The van der Waals surface area contributed by atoms with E-state index in [2.05, 4.69) is 22.2 Å². The third-order valence-corrected chi connectivity index (χ3v) is 9.14. The molecule has 1 aliphatic carbocycles. The molecular weight excluding hydrogens is 609 g/mol. The van der Waals surface area contributed by atoms with Crippen LogP contribution in [0.3, 0.4) is 0 Å². The number of ether oxygens (including phenoxy) is 1. The molecule has 45 heavy (non-hydrogen) atoms. The van der Waals surface area contributed by atoms with Crippen LogP contribution in [0.25, 0.3) is 10.9 Å². The van der Waals surface area contributed by atoms with E-state index >= 15 is 0 Å². The minimum Gasteiger partial charge on any atom is -0.444 e. The number of carbonyl (C=O) groups is 3. The molecule has 14 heteroatoms. The number of likely N-dealkylation sites (tertiary alicyclic amines) is 1. The van der Waals surface area contributed by atoms with Crippen LogP contribution in [0.2, 0.25) is 0 Å². The molecular formula is C31H31F3N6O4S. The number of ketones is 1. The number of fused-ring (bicyclic) bond motifs is 1. The Hall–Kier alpha value is -4.25. The van der Waals surface area contributed by atoms with Crippen LogP contribution in [0.1, 0.15) is 63.8 Å². The van der Waals surface area contributed by atoms with Crippen LogP contribution in [0.4, 0.5) is 29.3 Å². The molecule has 0 N–H and O–H groups in total. The molecule has 4 heterocycles. The van der Waals surface area contributed by atoms with Gasteiger partial charge in [0.05, 0.1) is 17.4 Å². The van der Waals surface area contributed by atoms with Gasteiger partial charge < -0.3 is 19.1 Å². The standard InChI is InChI=1S/C31H31F3N6O4S/c1-29(2,3)44-28(43)37-11-8-19(9-12-37)38-13-7-18-14-20(4-5-24(18)38)40-27(45)39(26(42)30(40)10-6-25(30)41)21-15-22(31(32,33)34)23(16-35)36-17-21/h4-5,7,13-15,17,19,27,45H,6,8-12H2,1-3H3. The van der Waals surface area contributed by atoms with Crippen molar-refractivity contribution in [3.8, 4) is 6.07 Å². The van der Waals surface area contributed by atoms with Crippen LogP contribution in [-0.2, 0) is 20.5 Å². The number of alkyl halides is 3. The summed E-state index contributed by atoms with van der Waals surface area (Å²) in [6.07, 6.45) is -0.425. The molecule has 0 radical (unpaired) electrons. The molecule has 1 saturated carbocycles. The molecule has 2 aliphatic heterocycles. The molecule has 2 unspecified atom stereocenters. The van der Waals surface area contributed by atoms with Gasteiger partial charge in [0.25, 0.3) is 5.91 Å². The van der Waals surface area contributed by atoms with Crippen molar-refractivity contribution in [1.29, 1.82) is 5.26 Å². The van der Waals surface area contributed by atoms with Crippen LogP contribution in [0.15, 0.2) is 42.7 Å². The van der Waals surface area contributed by atoms with E-state index in [-0.39, 0.29) is 36.4 Å². The molecule has 2 atom stereocenters. The Morgan fingerprint density at radius 2 is 1.82 bits per heavy atom. The average molecular weight is 641 g/mol. The predicted octanol–water partition coefficient (Wildman–Crippen LogP) is 5.67. The number of nitriles is 1. The number of aromatic nitrogens is 2. The second-order valence-electron chi connectivity index (χ2n) is 12.5. The Kier molecular flexibility index (Phi) is 7.30. The van der Waals surface area contributed by atoms with Crippen LogP contribution >= 0.6 is 12.6 Å². The minimum atomic E-state index is -4.88. The third-order valence-electron chi connectivity index (χ3n) is 8.68. The van der Waals surface area contributed by atoms with E-state index in [0.717, 1.165) is 34.8 Å². The van der Waals surface area contributed by atoms with Crippen molar-refractivity contribution in [2.45, 2.75) is 75.3 Å². The number of pyridine rings is 1.